The van der Waals surface area contributed by atoms with Gasteiger partial charge in [-0.2, -0.15) is 0 Å². The molecule has 0 N–H and O–H groups in total. The monoisotopic (exact) mass is 854 g/mol. The number of benzene rings is 8. The number of nitrogens with zero attached hydrogens (tertiary/aromatic N) is 2. The summed E-state index contributed by atoms with van der Waals surface area (Å²) in [6, 6.07) is 67.9. The van der Waals surface area contributed by atoms with Crippen LogP contribution in [-0.4, -0.2) is 6.85 Å². The van der Waals surface area contributed by atoms with Gasteiger partial charge in [0.2, 0.25) is 0 Å². The van der Waals surface area contributed by atoms with Gasteiger partial charge in [0.15, 0.2) is 0 Å². The summed E-state index contributed by atoms with van der Waals surface area (Å²) in [5.74, 6) is 0. The van der Waals surface area contributed by atoms with Crippen LogP contribution in [-0.2, 0) is 16.2 Å². The van der Waals surface area contributed by atoms with Gasteiger partial charge < -0.3 is 14.1 Å². The summed E-state index contributed by atoms with van der Waals surface area (Å²) in [5, 5.41) is 1.10. The lowest BCUT2D eigenvalue weighted by Crippen LogP contribution is -2.61. The van der Waals surface area contributed by atoms with Gasteiger partial charge in [-0.3, -0.25) is 0 Å². The van der Waals surface area contributed by atoms with Crippen molar-refractivity contribution in [3.63, 3.8) is 0 Å². The van der Waals surface area contributed by atoms with E-state index in [4.69, 9.17) is 4.42 Å². The predicted octanol–water partition coefficient (Wildman–Crippen LogP) is 15.8. The SMILES string of the molecule is CC(C)(C)c1ccc(N2c3cc(-c4ccccc4)cc4c3B(c3oc5ccccc5c32)N(c2ccc3c(c2)C(C)(C)CCC3(C)C)c2ccc(-c3ccccc3)cc2-4)c(-c2ccccc2)c1. The van der Waals surface area contributed by atoms with E-state index in [0.717, 1.165) is 40.1 Å². The Kier molecular flexibility index (Phi) is 9.04. The zero-order valence-corrected chi connectivity index (χ0v) is 39.1. The molecule has 66 heavy (non-hydrogen) atoms. The van der Waals surface area contributed by atoms with E-state index >= 15 is 0 Å². The Morgan fingerprint density at radius 1 is 0.485 bits per heavy atom. The number of fused-ring (bicyclic) bond motifs is 7. The van der Waals surface area contributed by atoms with Crippen LogP contribution in [0.3, 0.4) is 0 Å². The summed E-state index contributed by atoms with van der Waals surface area (Å²) < 4.78 is 7.39. The third-order valence-electron chi connectivity index (χ3n) is 15.1. The Balaban J connectivity index is 1.22. The maximum absolute atomic E-state index is 7.39. The number of furan rings is 1. The zero-order chi connectivity index (χ0) is 45.1. The Morgan fingerprint density at radius 3 is 1.79 bits per heavy atom. The van der Waals surface area contributed by atoms with Crippen LogP contribution in [0, 0.1) is 0 Å². The molecule has 8 aromatic carbocycles. The zero-order valence-electron chi connectivity index (χ0n) is 39.1. The van der Waals surface area contributed by atoms with E-state index in [2.05, 4.69) is 240 Å². The van der Waals surface area contributed by atoms with Crippen LogP contribution < -0.4 is 20.8 Å². The fraction of sp³-hybridized carbons (Fsp3) is 0.194. The number of anilines is 5. The molecule has 9 aromatic rings. The second kappa shape index (κ2) is 14.7. The van der Waals surface area contributed by atoms with Crippen molar-refractivity contribution in [2.75, 3.05) is 9.71 Å². The van der Waals surface area contributed by atoms with E-state index in [1.165, 1.54) is 84.5 Å². The number of hydrogen-bond donors (Lipinski definition) is 0. The second-order valence-corrected chi connectivity index (χ2v) is 21.2. The quantitative estimate of drug-likeness (QED) is 0.161. The molecule has 3 aliphatic rings. The minimum atomic E-state index is -0.264. The molecule has 3 heterocycles. The molecule has 0 unspecified atom stereocenters. The lowest BCUT2D eigenvalue weighted by Gasteiger charge is -2.46. The topological polar surface area (TPSA) is 19.6 Å². The van der Waals surface area contributed by atoms with Gasteiger partial charge in [-0.25, -0.2) is 0 Å². The van der Waals surface area contributed by atoms with E-state index < -0.39 is 0 Å². The summed E-state index contributed by atoms with van der Waals surface area (Å²) in [6.45, 7) is 16.4. The molecule has 0 radical (unpaired) electrons. The van der Waals surface area contributed by atoms with Gasteiger partial charge in [0.1, 0.15) is 11.2 Å². The standard InChI is InChI=1S/C62H55BN2O/c1-60(2,3)45-28-32-53(48(38-45)42-23-15-10-16-24-42)64-55-37-44(41-21-13-9-14-22-41)36-50-49-35-43(40-19-11-8-12-20-40)27-31-54(49)65(46-29-30-51-52(39-46)62(6,7)34-33-61(51,4)5)63(57(50)55)59-58(64)47-25-17-18-26-56(47)66-59/h8-32,35-39H,33-34H2,1-7H3. The lowest BCUT2D eigenvalue weighted by atomic mass is 9.45. The highest BCUT2D eigenvalue weighted by Gasteiger charge is 2.49. The van der Waals surface area contributed by atoms with Crippen molar-refractivity contribution in [2.45, 2.75) is 77.6 Å². The molecule has 1 aliphatic carbocycles. The third-order valence-corrected chi connectivity index (χ3v) is 15.1. The Hall–Kier alpha value is -7.04. The molecular formula is C62H55BN2O. The van der Waals surface area contributed by atoms with Gasteiger partial charge in [-0.15, -0.1) is 0 Å². The van der Waals surface area contributed by atoms with Crippen LogP contribution in [0.15, 0.2) is 186 Å². The Labute approximate surface area is 390 Å². The molecular weight excluding hydrogens is 800 g/mol. The highest BCUT2D eigenvalue weighted by Crippen LogP contribution is 2.54. The molecule has 4 heteroatoms. The van der Waals surface area contributed by atoms with Crippen LogP contribution >= 0.6 is 0 Å². The van der Waals surface area contributed by atoms with Gasteiger partial charge in [-0.05, 0) is 145 Å². The van der Waals surface area contributed by atoms with E-state index in [0.29, 0.717) is 0 Å². The van der Waals surface area contributed by atoms with Crippen molar-refractivity contribution in [1.29, 1.82) is 0 Å². The first-order valence-electron chi connectivity index (χ1n) is 23.7. The van der Waals surface area contributed by atoms with Crippen LogP contribution in [0.25, 0.3) is 55.5 Å². The second-order valence-electron chi connectivity index (χ2n) is 21.2. The summed E-state index contributed by atoms with van der Waals surface area (Å²) in [7, 11) is 0. The molecule has 1 aromatic heterocycles. The summed E-state index contributed by atoms with van der Waals surface area (Å²) in [6.07, 6.45) is 2.32. The van der Waals surface area contributed by atoms with Crippen LogP contribution in [0.4, 0.5) is 28.4 Å². The first-order chi connectivity index (χ1) is 31.9. The smallest absolute Gasteiger partial charge is 0.375 e. The molecule has 12 rings (SSSR count). The highest BCUT2D eigenvalue weighted by molar-refractivity contribution is 6.93. The van der Waals surface area contributed by atoms with Gasteiger partial charge in [-0.1, -0.05) is 170 Å². The minimum absolute atomic E-state index is 0.0330. The average molecular weight is 855 g/mol. The summed E-state index contributed by atoms with van der Waals surface area (Å²) >= 11 is 0. The molecule has 0 saturated heterocycles. The van der Waals surface area contributed by atoms with E-state index in [-0.39, 0.29) is 23.1 Å². The van der Waals surface area contributed by atoms with Gasteiger partial charge >= 0.3 is 6.85 Å². The van der Waals surface area contributed by atoms with Gasteiger partial charge in [0.05, 0.1) is 11.4 Å². The molecule has 0 spiro atoms. The molecule has 2 aliphatic heterocycles. The largest absolute Gasteiger partial charge is 0.466 e. The predicted molar refractivity (Wildman–Crippen MR) is 280 cm³/mol. The minimum Gasteiger partial charge on any atom is -0.466 e. The molecule has 322 valence electrons. The molecule has 3 nitrogen and oxygen atoms in total. The molecule has 0 atom stereocenters. The number of para-hydroxylation sites is 1. The Bertz CT molecular complexity index is 3360. The highest BCUT2D eigenvalue weighted by atomic mass is 16.3. The van der Waals surface area contributed by atoms with Crippen LogP contribution in [0.2, 0.25) is 0 Å². The summed E-state index contributed by atoms with van der Waals surface area (Å²) in [5.41, 5.74) is 22.7. The molecule has 0 fully saturated rings. The number of rotatable bonds is 5. The van der Waals surface area contributed by atoms with Crippen LogP contribution in [0.1, 0.15) is 78.0 Å². The molecule has 0 amide bonds. The van der Waals surface area contributed by atoms with Gasteiger partial charge in [0.25, 0.3) is 0 Å². The van der Waals surface area contributed by atoms with Crippen molar-refractivity contribution < 1.29 is 4.42 Å². The third kappa shape index (κ3) is 6.32. The van der Waals surface area contributed by atoms with Crippen molar-refractivity contribution >= 4 is 57.4 Å². The maximum atomic E-state index is 7.39. The van der Waals surface area contributed by atoms with Crippen molar-refractivity contribution in [3.05, 3.63) is 199 Å². The first kappa shape index (κ1) is 40.5. The molecule has 0 saturated carbocycles. The van der Waals surface area contributed by atoms with Crippen LogP contribution in [0.5, 0.6) is 0 Å². The van der Waals surface area contributed by atoms with Crippen molar-refractivity contribution in [2.24, 2.45) is 0 Å². The normalized spacial score (nSPS) is 15.5. The Morgan fingerprint density at radius 2 is 1.09 bits per heavy atom. The first-order valence-corrected chi connectivity index (χ1v) is 23.7. The molecule has 0 bridgehead atoms. The van der Waals surface area contributed by atoms with Crippen molar-refractivity contribution in [1.82, 2.24) is 0 Å². The maximum Gasteiger partial charge on any atom is 0.375 e. The van der Waals surface area contributed by atoms with Gasteiger partial charge in [0, 0.05) is 33.6 Å². The average Bonchev–Trinajstić information content (AvgIpc) is 3.72. The van der Waals surface area contributed by atoms with E-state index in [1.54, 1.807) is 0 Å². The fourth-order valence-electron chi connectivity index (χ4n) is 11.3. The van der Waals surface area contributed by atoms with E-state index in [9.17, 15) is 0 Å². The number of hydrogen-bond acceptors (Lipinski definition) is 3. The van der Waals surface area contributed by atoms with Crippen molar-refractivity contribution in [3.8, 4) is 44.5 Å². The fourth-order valence-corrected chi connectivity index (χ4v) is 11.3. The lowest BCUT2D eigenvalue weighted by molar-refractivity contribution is 0.332. The van der Waals surface area contributed by atoms with E-state index in [1.807, 2.05) is 0 Å². The summed E-state index contributed by atoms with van der Waals surface area (Å²) in [4.78, 5) is 5.18.